The van der Waals surface area contributed by atoms with Gasteiger partial charge in [0.2, 0.25) is 0 Å². The van der Waals surface area contributed by atoms with Crippen molar-refractivity contribution in [3.63, 3.8) is 0 Å². The normalized spacial score (nSPS) is 11.0. The molecule has 4 heteroatoms. The maximum absolute atomic E-state index is 12.6. The van der Waals surface area contributed by atoms with Gasteiger partial charge in [0, 0.05) is 18.6 Å². The number of hydrogen-bond acceptors (Lipinski definition) is 3. The summed E-state index contributed by atoms with van der Waals surface area (Å²) in [7, 11) is 0. The van der Waals surface area contributed by atoms with Crippen LogP contribution >= 0.6 is 0 Å². The van der Waals surface area contributed by atoms with E-state index in [2.05, 4.69) is 4.98 Å². The van der Waals surface area contributed by atoms with Gasteiger partial charge in [-0.15, -0.1) is 0 Å². The van der Waals surface area contributed by atoms with Gasteiger partial charge in [0.25, 0.3) is 5.56 Å². The highest BCUT2D eigenvalue weighted by Crippen LogP contribution is 2.14. The first kappa shape index (κ1) is 15.7. The smallest absolute Gasteiger partial charge is 0.258 e. The first-order chi connectivity index (χ1) is 11.7. The molecule has 120 valence electrons. The van der Waals surface area contributed by atoms with Crippen LogP contribution in [-0.2, 0) is 13.0 Å². The third-order valence-electron chi connectivity index (χ3n) is 3.75. The number of nitrogens with zero attached hydrogens (tertiary/aromatic N) is 2. The van der Waals surface area contributed by atoms with Crippen LogP contribution < -0.4 is 5.56 Å². The van der Waals surface area contributed by atoms with Gasteiger partial charge in [-0.05, 0) is 29.7 Å². The minimum Gasteiger partial charge on any atom is -0.507 e. The first-order valence-corrected chi connectivity index (χ1v) is 7.76. The summed E-state index contributed by atoms with van der Waals surface area (Å²) < 4.78 is 1.59. The molecule has 2 aromatic heterocycles. The maximum atomic E-state index is 12.6. The van der Waals surface area contributed by atoms with Crippen LogP contribution in [0.5, 0.6) is 5.75 Å². The van der Waals surface area contributed by atoms with Crippen LogP contribution in [0.25, 0.3) is 6.08 Å². The molecule has 0 aliphatic carbocycles. The zero-order valence-electron chi connectivity index (χ0n) is 13.2. The predicted molar refractivity (Wildman–Crippen MR) is 94.9 cm³/mol. The van der Waals surface area contributed by atoms with Gasteiger partial charge in [0.15, 0.2) is 0 Å². The highest BCUT2D eigenvalue weighted by Gasteiger charge is 2.08. The monoisotopic (exact) mass is 318 g/mol. The number of aromatic hydroxyl groups is 1. The molecule has 0 saturated heterocycles. The molecule has 2 heterocycles. The van der Waals surface area contributed by atoms with E-state index in [1.165, 1.54) is 0 Å². The van der Waals surface area contributed by atoms with E-state index in [4.69, 9.17) is 0 Å². The van der Waals surface area contributed by atoms with Crippen LogP contribution in [0.4, 0.5) is 0 Å². The largest absolute Gasteiger partial charge is 0.507 e. The third-order valence-corrected chi connectivity index (χ3v) is 3.75. The van der Waals surface area contributed by atoms with Crippen LogP contribution in [0, 0.1) is 0 Å². The Hall–Kier alpha value is -3.14. The van der Waals surface area contributed by atoms with Crippen molar-refractivity contribution in [3.8, 4) is 5.75 Å². The minimum atomic E-state index is -0.184. The average molecular weight is 318 g/mol. The third kappa shape index (κ3) is 3.79. The van der Waals surface area contributed by atoms with Crippen molar-refractivity contribution in [2.75, 3.05) is 0 Å². The topological polar surface area (TPSA) is 55.1 Å². The van der Waals surface area contributed by atoms with E-state index < -0.39 is 0 Å². The van der Waals surface area contributed by atoms with Gasteiger partial charge >= 0.3 is 0 Å². The average Bonchev–Trinajstić information content (AvgIpc) is 2.62. The van der Waals surface area contributed by atoms with Crippen molar-refractivity contribution in [2.45, 2.75) is 13.0 Å². The van der Waals surface area contributed by atoms with Gasteiger partial charge in [-0.2, -0.15) is 0 Å². The van der Waals surface area contributed by atoms with Crippen LogP contribution in [-0.4, -0.2) is 14.7 Å². The SMILES string of the molecule is O=c1c(C/C=C/c2ccccc2)c(O)ccn1Cc1cccnc1. The molecule has 1 N–H and O–H groups in total. The van der Waals surface area contributed by atoms with E-state index >= 15 is 0 Å². The second kappa shape index (κ2) is 7.42. The zero-order chi connectivity index (χ0) is 16.8. The molecule has 0 aliphatic rings. The molecular formula is C20H18N2O2. The molecule has 0 fully saturated rings. The van der Waals surface area contributed by atoms with Crippen molar-refractivity contribution in [2.24, 2.45) is 0 Å². The van der Waals surface area contributed by atoms with E-state index in [-0.39, 0.29) is 11.3 Å². The second-order valence-corrected chi connectivity index (χ2v) is 5.49. The molecule has 0 saturated carbocycles. The quantitative estimate of drug-likeness (QED) is 0.785. The Balaban J connectivity index is 1.81. The highest BCUT2D eigenvalue weighted by atomic mass is 16.3. The molecule has 0 unspecified atom stereocenters. The van der Waals surface area contributed by atoms with Crippen LogP contribution in [0.1, 0.15) is 16.7 Å². The molecule has 4 nitrogen and oxygen atoms in total. The molecule has 0 spiro atoms. The lowest BCUT2D eigenvalue weighted by Gasteiger charge is -2.09. The highest BCUT2D eigenvalue weighted by molar-refractivity contribution is 5.49. The molecule has 0 amide bonds. The van der Waals surface area contributed by atoms with Crippen LogP contribution in [0.3, 0.4) is 0 Å². The van der Waals surface area contributed by atoms with E-state index in [9.17, 15) is 9.90 Å². The van der Waals surface area contributed by atoms with Gasteiger partial charge in [-0.3, -0.25) is 9.78 Å². The molecule has 1 aromatic carbocycles. The molecule has 3 rings (SSSR count). The van der Waals surface area contributed by atoms with Crippen LogP contribution in [0.15, 0.2) is 78.0 Å². The molecule has 0 atom stereocenters. The summed E-state index contributed by atoms with van der Waals surface area (Å²) in [5.74, 6) is 0.0279. The summed E-state index contributed by atoms with van der Waals surface area (Å²) in [6.45, 7) is 0.433. The van der Waals surface area contributed by atoms with E-state index in [0.717, 1.165) is 11.1 Å². The second-order valence-electron chi connectivity index (χ2n) is 5.49. The van der Waals surface area contributed by atoms with Crippen molar-refractivity contribution >= 4 is 6.08 Å². The van der Waals surface area contributed by atoms with Gasteiger partial charge in [-0.1, -0.05) is 48.6 Å². The summed E-state index contributed by atoms with van der Waals surface area (Å²) in [4.78, 5) is 16.6. The Kier molecular flexibility index (Phi) is 4.87. The number of allylic oxidation sites excluding steroid dienone is 1. The van der Waals surface area contributed by atoms with Crippen molar-refractivity contribution in [1.29, 1.82) is 0 Å². The summed E-state index contributed by atoms with van der Waals surface area (Å²) in [5, 5.41) is 10.0. The predicted octanol–water partition coefficient (Wildman–Crippen LogP) is 3.25. The molecule has 24 heavy (non-hydrogen) atoms. The molecule has 0 bridgehead atoms. The van der Waals surface area contributed by atoms with E-state index in [0.29, 0.717) is 18.5 Å². The van der Waals surface area contributed by atoms with Gasteiger partial charge in [0.05, 0.1) is 12.1 Å². The van der Waals surface area contributed by atoms with Gasteiger partial charge < -0.3 is 9.67 Å². The number of aromatic nitrogens is 2. The Bertz CT molecular complexity index is 885. The Morgan fingerprint density at radius 1 is 1.08 bits per heavy atom. The summed E-state index contributed by atoms with van der Waals surface area (Å²) in [6.07, 6.45) is 9.25. The van der Waals surface area contributed by atoms with Gasteiger partial charge in [-0.25, -0.2) is 0 Å². The number of hydrogen-bond donors (Lipinski definition) is 1. The molecule has 3 aromatic rings. The van der Waals surface area contributed by atoms with Crippen LogP contribution in [0.2, 0.25) is 0 Å². The Morgan fingerprint density at radius 3 is 2.67 bits per heavy atom. The molecule has 0 radical (unpaired) electrons. The van der Waals surface area contributed by atoms with E-state index in [1.807, 2.05) is 54.6 Å². The summed E-state index contributed by atoms with van der Waals surface area (Å²) in [6, 6.07) is 15.2. The van der Waals surface area contributed by atoms with Crippen molar-refractivity contribution in [1.82, 2.24) is 9.55 Å². The maximum Gasteiger partial charge on any atom is 0.258 e. The lowest BCUT2D eigenvalue weighted by molar-refractivity contribution is 0.465. The summed E-state index contributed by atoms with van der Waals surface area (Å²) in [5.41, 5.74) is 2.21. The van der Waals surface area contributed by atoms with Crippen molar-refractivity contribution in [3.05, 3.63) is 100 Å². The van der Waals surface area contributed by atoms with Crippen molar-refractivity contribution < 1.29 is 5.11 Å². The van der Waals surface area contributed by atoms with E-state index in [1.54, 1.807) is 29.2 Å². The fourth-order valence-corrected chi connectivity index (χ4v) is 2.49. The lowest BCUT2D eigenvalue weighted by atomic mass is 10.1. The standard InChI is InChI=1S/C20H18N2O2/c23-19-11-13-22(15-17-9-5-12-21-14-17)20(24)18(19)10-4-8-16-6-2-1-3-7-16/h1-9,11-14,23H,10,15H2/b8-4+. The Morgan fingerprint density at radius 2 is 1.92 bits per heavy atom. The number of benzene rings is 1. The molecular weight excluding hydrogens is 300 g/mol. The lowest BCUT2D eigenvalue weighted by Crippen LogP contribution is -2.23. The van der Waals surface area contributed by atoms with Gasteiger partial charge in [0.1, 0.15) is 5.75 Å². The minimum absolute atomic E-state index is 0.0279. The Labute approximate surface area is 140 Å². The number of pyridine rings is 2. The summed E-state index contributed by atoms with van der Waals surface area (Å²) >= 11 is 0. The zero-order valence-corrected chi connectivity index (χ0v) is 13.2. The fourth-order valence-electron chi connectivity index (χ4n) is 2.49. The number of rotatable bonds is 5. The fraction of sp³-hybridized carbons (Fsp3) is 0.100. The molecule has 0 aliphatic heterocycles. The first-order valence-electron chi connectivity index (χ1n) is 7.76.